The van der Waals surface area contributed by atoms with Crippen LogP contribution in [0.1, 0.15) is 0 Å². The van der Waals surface area contributed by atoms with Crippen molar-refractivity contribution in [2.45, 2.75) is 0 Å². The van der Waals surface area contributed by atoms with Crippen LogP contribution in [-0.4, -0.2) is 68.5 Å². The summed E-state index contributed by atoms with van der Waals surface area (Å²) in [7, 11) is 3.23. The molecule has 26 heavy (non-hydrogen) atoms. The number of anilines is 3. The normalized spacial score (nSPS) is 14.7. The number of ether oxygens (including phenoxy) is 3. The maximum atomic E-state index is 5.36. The molecule has 8 heteroatoms. The van der Waals surface area contributed by atoms with Gasteiger partial charge in [-0.25, -0.2) is 9.97 Å². The van der Waals surface area contributed by atoms with Gasteiger partial charge in [0.15, 0.2) is 11.5 Å². The lowest BCUT2D eigenvalue weighted by Gasteiger charge is -2.26. The topological polar surface area (TPSA) is 80.8 Å². The molecule has 3 rings (SSSR count). The number of rotatable bonds is 8. The number of morpholine rings is 1. The van der Waals surface area contributed by atoms with E-state index < -0.39 is 0 Å². The fraction of sp³-hybridized carbons (Fsp3) is 0.444. The van der Waals surface area contributed by atoms with Gasteiger partial charge < -0.3 is 24.8 Å². The van der Waals surface area contributed by atoms with Crippen LogP contribution in [0.5, 0.6) is 11.5 Å². The van der Waals surface area contributed by atoms with Crippen LogP contribution in [0.25, 0.3) is 0 Å². The van der Waals surface area contributed by atoms with Gasteiger partial charge in [0, 0.05) is 44.0 Å². The van der Waals surface area contributed by atoms with Crippen molar-refractivity contribution in [2.75, 3.05) is 64.2 Å². The Balaban J connectivity index is 1.56. The van der Waals surface area contributed by atoms with Gasteiger partial charge in [0.25, 0.3) is 0 Å². The van der Waals surface area contributed by atoms with Crippen LogP contribution in [0.2, 0.25) is 0 Å². The van der Waals surface area contributed by atoms with Gasteiger partial charge in [0.2, 0.25) is 0 Å². The summed E-state index contributed by atoms with van der Waals surface area (Å²) in [6.45, 7) is 5.38. The van der Waals surface area contributed by atoms with Crippen molar-refractivity contribution in [1.82, 2.24) is 14.9 Å². The third-order valence-electron chi connectivity index (χ3n) is 4.16. The second kappa shape index (κ2) is 9.21. The van der Waals surface area contributed by atoms with E-state index in [9.17, 15) is 0 Å². The molecule has 1 fully saturated rings. The van der Waals surface area contributed by atoms with E-state index in [0.717, 1.165) is 50.9 Å². The highest BCUT2D eigenvalue weighted by Gasteiger charge is 2.10. The molecule has 1 aliphatic rings. The monoisotopic (exact) mass is 359 g/mol. The Morgan fingerprint density at radius 3 is 2.58 bits per heavy atom. The summed E-state index contributed by atoms with van der Waals surface area (Å²) in [6, 6.07) is 7.52. The highest BCUT2D eigenvalue weighted by atomic mass is 16.5. The summed E-state index contributed by atoms with van der Waals surface area (Å²) in [5.41, 5.74) is 0.862. The van der Waals surface area contributed by atoms with Gasteiger partial charge in [-0.1, -0.05) is 0 Å². The largest absolute Gasteiger partial charge is 0.493 e. The predicted molar refractivity (Wildman–Crippen MR) is 101 cm³/mol. The second-order valence-electron chi connectivity index (χ2n) is 5.86. The Hall–Kier alpha value is -2.58. The van der Waals surface area contributed by atoms with Gasteiger partial charge in [0.1, 0.15) is 18.0 Å². The highest BCUT2D eigenvalue weighted by molar-refractivity contribution is 5.62. The number of aromatic nitrogens is 2. The molecule has 1 aromatic carbocycles. The molecule has 140 valence electrons. The van der Waals surface area contributed by atoms with Crippen molar-refractivity contribution in [3.8, 4) is 11.5 Å². The van der Waals surface area contributed by atoms with E-state index in [1.165, 1.54) is 0 Å². The van der Waals surface area contributed by atoms with Gasteiger partial charge in [-0.2, -0.15) is 0 Å². The smallest absolute Gasteiger partial charge is 0.162 e. The molecule has 1 saturated heterocycles. The molecule has 8 nitrogen and oxygen atoms in total. The molecule has 0 saturated carbocycles. The van der Waals surface area contributed by atoms with E-state index in [1.807, 2.05) is 24.3 Å². The number of nitrogens with one attached hydrogen (secondary N) is 2. The molecule has 1 aliphatic heterocycles. The van der Waals surface area contributed by atoms with Crippen LogP contribution in [0.15, 0.2) is 30.6 Å². The molecule has 2 aromatic rings. The van der Waals surface area contributed by atoms with Gasteiger partial charge in [0.05, 0.1) is 27.4 Å². The van der Waals surface area contributed by atoms with Crippen molar-refractivity contribution < 1.29 is 14.2 Å². The minimum atomic E-state index is 0.662. The molecule has 0 aliphatic carbocycles. The van der Waals surface area contributed by atoms with Crippen molar-refractivity contribution >= 4 is 17.3 Å². The fourth-order valence-corrected chi connectivity index (χ4v) is 2.75. The molecule has 0 radical (unpaired) electrons. The Kier molecular flexibility index (Phi) is 6.45. The quantitative estimate of drug-likeness (QED) is 0.741. The fourth-order valence-electron chi connectivity index (χ4n) is 2.75. The third kappa shape index (κ3) is 4.96. The van der Waals surface area contributed by atoms with Crippen molar-refractivity contribution in [1.29, 1.82) is 0 Å². The minimum Gasteiger partial charge on any atom is -0.493 e. The molecule has 2 heterocycles. The number of benzene rings is 1. The van der Waals surface area contributed by atoms with E-state index in [4.69, 9.17) is 14.2 Å². The molecular formula is C18H25N5O3. The van der Waals surface area contributed by atoms with Gasteiger partial charge in [-0.3, -0.25) is 4.90 Å². The summed E-state index contributed by atoms with van der Waals surface area (Å²) < 4.78 is 15.9. The first-order valence-electron chi connectivity index (χ1n) is 8.63. The maximum Gasteiger partial charge on any atom is 0.162 e. The zero-order valence-corrected chi connectivity index (χ0v) is 15.2. The van der Waals surface area contributed by atoms with Gasteiger partial charge in [-0.05, 0) is 12.1 Å². The van der Waals surface area contributed by atoms with Gasteiger partial charge >= 0.3 is 0 Å². The Morgan fingerprint density at radius 2 is 1.81 bits per heavy atom. The van der Waals surface area contributed by atoms with E-state index in [0.29, 0.717) is 17.3 Å². The molecule has 0 atom stereocenters. The van der Waals surface area contributed by atoms with E-state index in [1.54, 1.807) is 20.5 Å². The van der Waals surface area contributed by atoms with Crippen molar-refractivity contribution in [3.05, 3.63) is 30.6 Å². The number of hydrogen-bond acceptors (Lipinski definition) is 8. The second-order valence-corrected chi connectivity index (χ2v) is 5.86. The lowest BCUT2D eigenvalue weighted by molar-refractivity contribution is 0.0398. The third-order valence-corrected chi connectivity index (χ3v) is 4.16. The number of methoxy groups -OCH3 is 2. The maximum absolute atomic E-state index is 5.36. The van der Waals surface area contributed by atoms with Crippen LogP contribution >= 0.6 is 0 Å². The number of hydrogen-bond donors (Lipinski definition) is 2. The van der Waals surface area contributed by atoms with Crippen LogP contribution in [0.4, 0.5) is 17.3 Å². The number of nitrogens with zero attached hydrogens (tertiary/aromatic N) is 3. The molecular weight excluding hydrogens is 334 g/mol. The Labute approximate surface area is 153 Å². The van der Waals surface area contributed by atoms with Crippen LogP contribution < -0.4 is 20.1 Å². The average molecular weight is 359 g/mol. The summed E-state index contributed by atoms with van der Waals surface area (Å²) in [6.07, 6.45) is 1.54. The van der Waals surface area contributed by atoms with Crippen molar-refractivity contribution in [3.63, 3.8) is 0 Å². The Morgan fingerprint density at radius 1 is 1.04 bits per heavy atom. The molecule has 0 bridgehead atoms. The first-order valence-corrected chi connectivity index (χ1v) is 8.63. The Bertz CT molecular complexity index is 707. The first-order chi connectivity index (χ1) is 12.8. The lowest BCUT2D eigenvalue weighted by atomic mass is 10.2. The minimum absolute atomic E-state index is 0.662. The van der Waals surface area contributed by atoms with Gasteiger partial charge in [-0.15, -0.1) is 0 Å². The zero-order valence-electron chi connectivity index (χ0n) is 15.2. The molecule has 2 N–H and O–H groups in total. The summed E-state index contributed by atoms with van der Waals surface area (Å²) in [5, 5.41) is 6.60. The van der Waals surface area contributed by atoms with Crippen LogP contribution in [0, 0.1) is 0 Å². The molecule has 0 unspecified atom stereocenters. The summed E-state index contributed by atoms with van der Waals surface area (Å²) in [5.74, 6) is 2.85. The van der Waals surface area contributed by atoms with Crippen molar-refractivity contribution in [2.24, 2.45) is 0 Å². The van der Waals surface area contributed by atoms with Crippen LogP contribution in [0.3, 0.4) is 0 Å². The molecule has 0 amide bonds. The van der Waals surface area contributed by atoms with E-state index in [2.05, 4.69) is 25.5 Å². The highest BCUT2D eigenvalue weighted by Crippen LogP contribution is 2.30. The van der Waals surface area contributed by atoms with Crippen LogP contribution in [-0.2, 0) is 4.74 Å². The molecule has 0 spiro atoms. The standard InChI is InChI=1S/C18H25N5O3/c1-24-15-4-3-14(11-16(15)25-2)22-18-12-17(20-13-21-18)19-5-6-23-7-9-26-10-8-23/h3-4,11-13H,5-10H2,1-2H3,(H2,19,20,21,22). The summed E-state index contributed by atoms with van der Waals surface area (Å²) >= 11 is 0. The first kappa shape index (κ1) is 18.2. The SMILES string of the molecule is COc1ccc(Nc2cc(NCCN3CCOCC3)ncn2)cc1OC. The van der Waals surface area contributed by atoms with E-state index >= 15 is 0 Å². The lowest BCUT2D eigenvalue weighted by Crippen LogP contribution is -2.39. The molecule has 1 aromatic heterocycles. The predicted octanol–water partition coefficient (Wildman–Crippen LogP) is 1.98. The summed E-state index contributed by atoms with van der Waals surface area (Å²) in [4.78, 5) is 10.9. The van der Waals surface area contributed by atoms with E-state index in [-0.39, 0.29) is 0 Å². The average Bonchev–Trinajstić information content (AvgIpc) is 2.69. The zero-order chi connectivity index (χ0) is 18.2.